The van der Waals surface area contributed by atoms with E-state index in [-0.39, 0.29) is 24.2 Å². The fraction of sp³-hybridized carbons (Fsp3) is 0.474. The van der Waals surface area contributed by atoms with E-state index in [1.54, 1.807) is 22.9 Å². The molecule has 0 aliphatic heterocycles. The summed E-state index contributed by atoms with van der Waals surface area (Å²) in [6.45, 7) is 0.0458. The Morgan fingerprint density at radius 3 is 2.63 bits per heavy atom. The molecular weight excluding hydrogens is 350 g/mol. The van der Waals surface area contributed by atoms with Gasteiger partial charge in [0.2, 0.25) is 5.91 Å². The average molecular weight is 373 g/mol. The molecule has 2 unspecified atom stereocenters. The summed E-state index contributed by atoms with van der Waals surface area (Å²) in [4.78, 5) is 34.5. The maximum atomic E-state index is 12.5. The van der Waals surface area contributed by atoms with E-state index in [2.05, 4.69) is 5.32 Å². The van der Waals surface area contributed by atoms with Crippen LogP contribution in [0, 0.1) is 16.0 Å². The number of amides is 1. The summed E-state index contributed by atoms with van der Waals surface area (Å²) in [6.07, 6.45) is 6.82. The Kier molecular flexibility index (Phi) is 5.73. The van der Waals surface area contributed by atoms with Gasteiger partial charge in [0.25, 0.3) is 5.69 Å². The highest BCUT2D eigenvalue weighted by molar-refractivity contribution is 5.85. The van der Waals surface area contributed by atoms with Gasteiger partial charge in [-0.2, -0.15) is 0 Å². The van der Waals surface area contributed by atoms with Crippen LogP contribution >= 0.6 is 0 Å². The molecule has 2 N–H and O–H groups in total. The Bertz CT molecular complexity index is 860. The zero-order valence-corrected chi connectivity index (χ0v) is 15.0. The zero-order valence-electron chi connectivity index (χ0n) is 15.0. The number of carbonyl (C=O) groups is 2. The molecule has 8 nitrogen and oxygen atoms in total. The highest BCUT2D eigenvalue weighted by Crippen LogP contribution is 2.24. The fourth-order valence-electron chi connectivity index (χ4n) is 3.80. The molecule has 144 valence electrons. The van der Waals surface area contributed by atoms with Crippen molar-refractivity contribution >= 4 is 28.5 Å². The van der Waals surface area contributed by atoms with E-state index in [4.69, 9.17) is 0 Å². The summed E-state index contributed by atoms with van der Waals surface area (Å²) in [5.41, 5.74) is 0.728. The van der Waals surface area contributed by atoms with Crippen molar-refractivity contribution in [3.05, 3.63) is 40.6 Å². The van der Waals surface area contributed by atoms with Crippen LogP contribution in [0.25, 0.3) is 10.9 Å². The number of fused-ring (bicyclic) bond motifs is 1. The number of aromatic nitrogens is 1. The molecule has 27 heavy (non-hydrogen) atoms. The molecule has 1 heterocycles. The lowest BCUT2D eigenvalue weighted by atomic mass is 9.87. The minimum atomic E-state index is -0.860. The van der Waals surface area contributed by atoms with Gasteiger partial charge in [-0.15, -0.1) is 0 Å². The first-order valence-electron chi connectivity index (χ1n) is 9.21. The molecule has 2 aromatic rings. The molecule has 3 rings (SSSR count). The number of carboxylic acid groups (broad SMARTS) is 1. The second-order valence-corrected chi connectivity index (χ2v) is 7.05. The number of nitro groups is 1. The molecule has 2 atom stereocenters. The predicted molar refractivity (Wildman–Crippen MR) is 99.4 cm³/mol. The molecule has 1 fully saturated rings. The van der Waals surface area contributed by atoms with E-state index < -0.39 is 16.8 Å². The van der Waals surface area contributed by atoms with Gasteiger partial charge >= 0.3 is 5.97 Å². The lowest BCUT2D eigenvalue weighted by Crippen LogP contribution is -2.45. The predicted octanol–water partition coefficient (Wildman–Crippen LogP) is 3.09. The number of rotatable bonds is 5. The topological polar surface area (TPSA) is 114 Å². The summed E-state index contributed by atoms with van der Waals surface area (Å²) in [6, 6.07) is 5.87. The fourth-order valence-corrected chi connectivity index (χ4v) is 3.80. The number of nitrogens with zero attached hydrogens (tertiary/aromatic N) is 2. The van der Waals surface area contributed by atoms with E-state index in [0.717, 1.165) is 31.2 Å². The van der Waals surface area contributed by atoms with Crippen molar-refractivity contribution in [2.75, 3.05) is 0 Å². The van der Waals surface area contributed by atoms with E-state index in [0.29, 0.717) is 18.2 Å². The molecule has 0 saturated heterocycles. The van der Waals surface area contributed by atoms with Crippen LogP contribution in [-0.2, 0) is 16.1 Å². The summed E-state index contributed by atoms with van der Waals surface area (Å²) in [5.74, 6) is -1.66. The van der Waals surface area contributed by atoms with Gasteiger partial charge in [0.1, 0.15) is 6.54 Å². The Hall–Kier alpha value is -2.90. The number of non-ortho nitro benzene ring substituents is 1. The van der Waals surface area contributed by atoms with Crippen molar-refractivity contribution < 1.29 is 19.6 Å². The molecular formula is C19H23N3O5. The third kappa shape index (κ3) is 4.45. The Morgan fingerprint density at radius 1 is 1.19 bits per heavy atom. The van der Waals surface area contributed by atoms with E-state index >= 15 is 0 Å². The number of carboxylic acids is 1. The summed E-state index contributed by atoms with van der Waals surface area (Å²) < 4.78 is 1.72. The van der Waals surface area contributed by atoms with Gasteiger partial charge in [0.15, 0.2) is 0 Å². The summed E-state index contributed by atoms with van der Waals surface area (Å²) >= 11 is 0. The summed E-state index contributed by atoms with van der Waals surface area (Å²) in [7, 11) is 0. The minimum Gasteiger partial charge on any atom is -0.481 e. The van der Waals surface area contributed by atoms with Gasteiger partial charge < -0.3 is 15.0 Å². The normalized spacial score (nSPS) is 20.6. The minimum absolute atomic E-state index is 0.00326. The lowest BCUT2D eigenvalue weighted by molar-refractivity contribution is -0.384. The highest BCUT2D eigenvalue weighted by atomic mass is 16.6. The van der Waals surface area contributed by atoms with E-state index in [9.17, 15) is 24.8 Å². The Morgan fingerprint density at radius 2 is 1.93 bits per heavy atom. The van der Waals surface area contributed by atoms with Gasteiger partial charge in [-0.05, 0) is 25.0 Å². The van der Waals surface area contributed by atoms with Crippen LogP contribution in [0.5, 0.6) is 0 Å². The molecule has 0 spiro atoms. The summed E-state index contributed by atoms with van der Waals surface area (Å²) in [5, 5.41) is 24.0. The Balaban J connectivity index is 1.71. The van der Waals surface area contributed by atoms with Gasteiger partial charge in [0, 0.05) is 35.3 Å². The van der Waals surface area contributed by atoms with Crippen LogP contribution in [0.1, 0.15) is 38.5 Å². The second-order valence-electron chi connectivity index (χ2n) is 7.05. The molecule has 0 radical (unpaired) electrons. The van der Waals surface area contributed by atoms with Crippen molar-refractivity contribution in [2.24, 2.45) is 5.92 Å². The molecule has 1 aliphatic carbocycles. The first-order valence-corrected chi connectivity index (χ1v) is 9.21. The third-order valence-electron chi connectivity index (χ3n) is 5.21. The van der Waals surface area contributed by atoms with Crippen LogP contribution < -0.4 is 5.32 Å². The molecule has 1 saturated carbocycles. The first kappa shape index (κ1) is 18.9. The van der Waals surface area contributed by atoms with Crippen LogP contribution in [-0.4, -0.2) is 32.5 Å². The van der Waals surface area contributed by atoms with E-state index in [1.807, 2.05) is 0 Å². The second kappa shape index (κ2) is 8.20. The Labute approximate surface area is 156 Å². The van der Waals surface area contributed by atoms with Crippen LogP contribution in [0.3, 0.4) is 0 Å². The third-order valence-corrected chi connectivity index (χ3v) is 5.21. The molecule has 1 aliphatic rings. The first-order chi connectivity index (χ1) is 13.0. The van der Waals surface area contributed by atoms with Gasteiger partial charge in [-0.3, -0.25) is 19.7 Å². The van der Waals surface area contributed by atoms with Crippen LogP contribution in [0.15, 0.2) is 30.5 Å². The van der Waals surface area contributed by atoms with Crippen LogP contribution in [0.2, 0.25) is 0 Å². The van der Waals surface area contributed by atoms with Crippen LogP contribution in [0.4, 0.5) is 5.69 Å². The number of nitro benzene ring substituents is 1. The SMILES string of the molecule is O=C(Cn1ccc2cc([N+](=O)[O-])ccc21)NC1CCCCCCC1C(=O)O. The maximum Gasteiger partial charge on any atom is 0.308 e. The zero-order chi connectivity index (χ0) is 19.4. The smallest absolute Gasteiger partial charge is 0.308 e. The van der Waals surface area contributed by atoms with Gasteiger partial charge in [0.05, 0.1) is 10.8 Å². The number of aliphatic carboxylic acids is 1. The van der Waals surface area contributed by atoms with Crippen molar-refractivity contribution in [1.29, 1.82) is 0 Å². The molecule has 1 aromatic heterocycles. The van der Waals surface area contributed by atoms with Crippen molar-refractivity contribution in [2.45, 2.75) is 51.1 Å². The number of hydrogen-bond acceptors (Lipinski definition) is 4. The average Bonchev–Trinajstić information content (AvgIpc) is 2.99. The van der Waals surface area contributed by atoms with Crippen molar-refractivity contribution in [3.63, 3.8) is 0 Å². The van der Waals surface area contributed by atoms with Crippen molar-refractivity contribution in [1.82, 2.24) is 9.88 Å². The monoisotopic (exact) mass is 373 g/mol. The van der Waals surface area contributed by atoms with Gasteiger partial charge in [-0.1, -0.05) is 25.7 Å². The largest absolute Gasteiger partial charge is 0.481 e. The van der Waals surface area contributed by atoms with Gasteiger partial charge in [-0.25, -0.2) is 0 Å². The maximum absolute atomic E-state index is 12.5. The number of carbonyl (C=O) groups excluding carboxylic acids is 1. The standard InChI is InChI=1S/C19H23N3O5/c23-18(20-16-6-4-2-1-3-5-15(16)19(24)25)12-21-10-9-13-11-14(22(26)27)7-8-17(13)21/h7-11,15-16H,1-6,12H2,(H,20,23)(H,24,25). The quantitative estimate of drug-likeness (QED) is 0.617. The molecule has 1 aromatic carbocycles. The molecule has 8 heteroatoms. The highest BCUT2D eigenvalue weighted by Gasteiger charge is 2.29. The lowest BCUT2D eigenvalue weighted by Gasteiger charge is -2.27. The number of nitrogens with one attached hydrogen (secondary N) is 1. The van der Waals surface area contributed by atoms with Crippen molar-refractivity contribution in [3.8, 4) is 0 Å². The number of hydrogen-bond donors (Lipinski definition) is 2. The molecule has 0 bridgehead atoms. The number of benzene rings is 1. The van der Waals surface area contributed by atoms with E-state index in [1.165, 1.54) is 12.1 Å². The molecule has 1 amide bonds.